The van der Waals surface area contributed by atoms with E-state index in [9.17, 15) is 9.59 Å². The number of isocyanates is 2. The van der Waals surface area contributed by atoms with Gasteiger partial charge in [-0.1, -0.05) is 6.08 Å². The molecule has 5 nitrogen and oxygen atoms in total. The molecule has 0 aromatic carbocycles. The predicted octanol–water partition coefficient (Wildman–Crippen LogP) is 0.985. The molecule has 0 saturated carbocycles. The second kappa shape index (κ2) is 6.40. The summed E-state index contributed by atoms with van der Waals surface area (Å²) in [4.78, 5) is 31.2. The molecule has 0 spiro atoms. The Morgan fingerprint density at radius 3 is 2.50 bits per heavy atom. The van der Waals surface area contributed by atoms with E-state index >= 15 is 0 Å². The molecule has 0 aromatic heterocycles. The van der Waals surface area contributed by atoms with Crippen molar-refractivity contribution in [3.63, 3.8) is 0 Å². The van der Waals surface area contributed by atoms with Gasteiger partial charge in [0.25, 0.3) is 0 Å². The molecule has 0 aromatic rings. The van der Waals surface area contributed by atoms with E-state index in [0.29, 0.717) is 6.42 Å². The number of carbonyl (C=O) groups excluding carboxylic acids is 2. The first-order valence-electron chi connectivity index (χ1n) is 4.73. The van der Waals surface area contributed by atoms with Crippen molar-refractivity contribution in [3.8, 4) is 0 Å². The lowest BCUT2D eigenvalue weighted by atomic mass is 9.96. The van der Waals surface area contributed by atoms with Gasteiger partial charge in [-0.15, -0.1) is 0 Å². The lowest BCUT2D eigenvalue weighted by molar-refractivity contribution is 0.562. The molecule has 82 valence electrons. The third-order valence-corrected chi connectivity index (χ3v) is 2.26. The number of hydrogen-bond donors (Lipinski definition) is 0. The van der Waals surface area contributed by atoms with Crippen LogP contribution in [0.3, 0.4) is 0 Å². The van der Waals surface area contributed by atoms with Gasteiger partial charge >= 0.3 is 0 Å². The zero-order chi connectivity index (χ0) is 11.8. The van der Waals surface area contributed by atoms with Crippen LogP contribution >= 0.6 is 0 Å². The predicted molar refractivity (Wildman–Crippen MR) is 60.1 cm³/mol. The number of aliphatic imine (C=N–C) groups is 3. The molecule has 16 heavy (non-hydrogen) atoms. The highest BCUT2D eigenvalue weighted by Gasteiger charge is 2.11. The molecule has 5 heteroatoms. The fourth-order valence-electron chi connectivity index (χ4n) is 1.43. The van der Waals surface area contributed by atoms with Gasteiger partial charge < -0.3 is 0 Å². The molecule has 0 heterocycles. The van der Waals surface area contributed by atoms with E-state index < -0.39 is 0 Å². The Balaban J connectivity index is 2.94. The third-order valence-electron chi connectivity index (χ3n) is 2.26. The van der Waals surface area contributed by atoms with Gasteiger partial charge in [0, 0.05) is 19.2 Å². The first kappa shape index (κ1) is 12.0. The van der Waals surface area contributed by atoms with Gasteiger partial charge in [-0.2, -0.15) is 0 Å². The second-order valence-electron chi connectivity index (χ2n) is 3.17. The normalized spacial score (nSPS) is 16.9. The Kier molecular flexibility index (Phi) is 4.80. The molecule has 0 fully saturated rings. The summed E-state index contributed by atoms with van der Waals surface area (Å²) in [6, 6.07) is 0. The largest absolute Gasteiger partial charge is 0.293 e. The third kappa shape index (κ3) is 3.24. The van der Waals surface area contributed by atoms with Gasteiger partial charge in [-0.05, 0) is 17.2 Å². The molecule has 0 radical (unpaired) electrons. The highest BCUT2D eigenvalue weighted by Crippen LogP contribution is 2.18. The van der Waals surface area contributed by atoms with Crippen molar-refractivity contribution in [2.45, 2.75) is 6.42 Å². The van der Waals surface area contributed by atoms with Crippen molar-refractivity contribution >= 4 is 17.9 Å². The molecule has 0 atom stereocenters. The first-order valence-corrected chi connectivity index (χ1v) is 4.73. The monoisotopic (exact) mass is 217 g/mol. The maximum Gasteiger partial charge on any atom is 0.235 e. The average molecular weight is 217 g/mol. The van der Waals surface area contributed by atoms with E-state index in [-0.39, 0.29) is 13.1 Å². The highest BCUT2D eigenvalue weighted by molar-refractivity contribution is 5.98. The molecule has 1 rings (SSSR count). The van der Waals surface area contributed by atoms with Gasteiger partial charge in [0.1, 0.15) is 0 Å². The maximum atomic E-state index is 10.1. The molecular weight excluding hydrogens is 206 g/mol. The van der Waals surface area contributed by atoms with Crippen LogP contribution in [0.2, 0.25) is 0 Å². The highest BCUT2D eigenvalue weighted by atomic mass is 16.1. The molecule has 0 amide bonds. The van der Waals surface area contributed by atoms with Crippen LogP contribution in [-0.2, 0) is 9.59 Å². The quantitative estimate of drug-likeness (QED) is 0.520. The molecule has 0 aliphatic heterocycles. The minimum atomic E-state index is 0.265. The van der Waals surface area contributed by atoms with Crippen LogP contribution in [0.4, 0.5) is 0 Å². The van der Waals surface area contributed by atoms with Gasteiger partial charge in [0.05, 0.1) is 13.1 Å². The van der Waals surface area contributed by atoms with Crippen LogP contribution in [0.1, 0.15) is 6.42 Å². The summed E-state index contributed by atoms with van der Waals surface area (Å²) in [5, 5.41) is 0. The van der Waals surface area contributed by atoms with Gasteiger partial charge in [0.2, 0.25) is 12.2 Å². The summed E-state index contributed by atoms with van der Waals surface area (Å²) < 4.78 is 0. The molecule has 1 aliphatic carbocycles. The summed E-state index contributed by atoms with van der Waals surface area (Å²) in [6.45, 7) is 0.539. The van der Waals surface area contributed by atoms with E-state index in [2.05, 4.69) is 15.0 Å². The lowest BCUT2D eigenvalue weighted by Gasteiger charge is -2.13. The molecular formula is C11H11N3O2. The molecule has 1 aliphatic rings. The summed E-state index contributed by atoms with van der Waals surface area (Å²) in [7, 11) is 1.70. The van der Waals surface area contributed by atoms with Crippen LogP contribution in [-0.4, -0.2) is 38.0 Å². The molecule has 0 unspecified atom stereocenters. The van der Waals surface area contributed by atoms with Crippen molar-refractivity contribution in [1.82, 2.24) is 0 Å². The summed E-state index contributed by atoms with van der Waals surface area (Å²) in [5.41, 5.74) is 2.73. The van der Waals surface area contributed by atoms with Gasteiger partial charge in [0.15, 0.2) is 0 Å². The topological polar surface area (TPSA) is 71.2 Å². The Labute approximate surface area is 93.0 Å². The minimum absolute atomic E-state index is 0.265. The molecule has 0 N–H and O–H groups in total. The van der Waals surface area contributed by atoms with Gasteiger partial charge in [-0.3, -0.25) is 4.99 Å². The fourth-order valence-corrected chi connectivity index (χ4v) is 1.43. The van der Waals surface area contributed by atoms with Crippen molar-refractivity contribution in [3.05, 3.63) is 23.3 Å². The van der Waals surface area contributed by atoms with Gasteiger partial charge in [-0.25, -0.2) is 19.6 Å². The van der Waals surface area contributed by atoms with Crippen LogP contribution in [0.5, 0.6) is 0 Å². The summed E-state index contributed by atoms with van der Waals surface area (Å²) in [6.07, 6.45) is 7.31. The van der Waals surface area contributed by atoms with E-state index in [1.165, 1.54) is 12.2 Å². The summed E-state index contributed by atoms with van der Waals surface area (Å²) in [5.74, 6) is 0. The molecule has 0 saturated heterocycles. The van der Waals surface area contributed by atoms with Crippen LogP contribution in [0.15, 0.2) is 38.3 Å². The van der Waals surface area contributed by atoms with E-state index in [4.69, 9.17) is 0 Å². The van der Waals surface area contributed by atoms with E-state index in [1.54, 1.807) is 7.05 Å². The number of hydrogen-bond acceptors (Lipinski definition) is 5. The second-order valence-corrected chi connectivity index (χ2v) is 3.17. The van der Waals surface area contributed by atoms with E-state index in [0.717, 1.165) is 16.9 Å². The first-order chi connectivity index (χ1) is 7.81. The Bertz CT molecular complexity index is 448. The number of rotatable bonds is 4. The lowest BCUT2D eigenvalue weighted by Crippen LogP contribution is -2.08. The van der Waals surface area contributed by atoms with Crippen molar-refractivity contribution in [2.75, 3.05) is 20.1 Å². The number of allylic oxidation sites excluding steroid dienone is 1. The van der Waals surface area contributed by atoms with Crippen LogP contribution in [0.25, 0.3) is 0 Å². The Hall–Kier alpha value is -2.09. The van der Waals surface area contributed by atoms with Crippen LogP contribution in [0, 0.1) is 0 Å². The Morgan fingerprint density at radius 2 is 1.88 bits per heavy atom. The van der Waals surface area contributed by atoms with Crippen molar-refractivity contribution < 1.29 is 9.59 Å². The SMILES string of the molecule is CN=C1C=CC(CN=C=O)=C(CN=C=O)C1. The Morgan fingerprint density at radius 1 is 1.19 bits per heavy atom. The molecule has 0 bridgehead atoms. The van der Waals surface area contributed by atoms with Crippen molar-refractivity contribution in [1.29, 1.82) is 0 Å². The smallest absolute Gasteiger partial charge is 0.235 e. The fraction of sp³-hybridized carbons (Fsp3) is 0.364. The van der Waals surface area contributed by atoms with Crippen molar-refractivity contribution in [2.24, 2.45) is 15.0 Å². The number of nitrogens with zero attached hydrogens (tertiary/aromatic N) is 3. The van der Waals surface area contributed by atoms with Crippen LogP contribution < -0.4 is 0 Å². The standard InChI is InChI=1S/C11H11N3O2/c1-12-11-3-2-9(5-13-7-15)10(4-11)6-14-8-16/h2-3H,4-6H2,1H3. The average Bonchev–Trinajstić information content (AvgIpc) is 2.34. The zero-order valence-corrected chi connectivity index (χ0v) is 8.93. The maximum absolute atomic E-state index is 10.1. The van der Waals surface area contributed by atoms with E-state index in [1.807, 2.05) is 12.2 Å². The minimum Gasteiger partial charge on any atom is -0.293 e. The zero-order valence-electron chi connectivity index (χ0n) is 8.93. The summed E-state index contributed by atoms with van der Waals surface area (Å²) >= 11 is 0.